The summed E-state index contributed by atoms with van der Waals surface area (Å²) in [7, 11) is 0. The molecule has 24 heavy (non-hydrogen) atoms. The quantitative estimate of drug-likeness (QED) is 0.774. The Labute approximate surface area is 144 Å². The van der Waals surface area contributed by atoms with Crippen molar-refractivity contribution in [2.75, 3.05) is 19.7 Å². The predicted octanol–water partition coefficient (Wildman–Crippen LogP) is 4.16. The van der Waals surface area contributed by atoms with Gasteiger partial charge in [-0.1, -0.05) is 36.4 Å². The van der Waals surface area contributed by atoms with Gasteiger partial charge in [0.2, 0.25) is 0 Å². The molecular weight excluding hydrogens is 298 g/mol. The molecule has 0 spiro atoms. The molecule has 0 aliphatic carbocycles. The first-order valence-electron chi connectivity index (χ1n) is 8.71. The number of likely N-dealkylation sites (tertiary alicyclic amines) is 1. The zero-order valence-corrected chi connectivity index (χ0v) is 14.5. The van der Waals surface area contributed by atoms with Crippen molar-refractivity contribution in [1.29, 1.82) is 0 Å². The first-order chi connectivity index (χ1) is 11.7. The second kappa shape index (κ2) is 7.63. The molecule has 1 saturated heterocycles. The van der Waals surface area contributed by atoms with E-state index in [4.69, 9.17) is 4.74 Å². The van der Waals surface area contributed by atoms with Crippen LogP contribution in [0.2, 0.25) is 0 Å². The van der Waals surface area contributed by atoms with Crippen molar-refractivity contribution in [2.45, 2.75) is 32.7 Å². The monoisotopic (exact) mass is 323 g/mol. The first kappa shape index (κ1) is 16.7. The van der Waals surface area contributed by atoms with Crippen molar-refractivity contribution in [3.63, 3.8) is 0 Å². The summed E-state index contributed by atoms with van der Waals surface area (Å²) in [5.74, 6) is 0.265. The molecule has 3 rings (SSSR count). The average Bonchev–Trinajstić information content (AvgIpc) is 3.04. The van der Waals surface area contributed by atoms with Gasteiger partial charge < -0.3 is 4.74 Å². The van der Waals surface area contributed by atoms with Crippen molar-refractivity contribution in [2.24, 2.45) is 0 Å². The summed E-state index contributed by atoms with van der Waals surface area (Å²) in [4.78, 5) is 14.5. The number of benzene rings is 2. The van der Waals surface area contributed by atoms with Crippen LogP contribution in [0.5, 0.6) is 0 Å². The minimum absolute atomic E-state index is 0.224. The number of carbonyl (C=O) groups is 1. The third kappa shape index (κ3) is 3.85. The molecule has 1 atom stereocenters. The van der Waals surface area contributed by atoms with Gasteiger partial charge in [-0.25, -0.2) is 4.79 Å². The largest absolute Gasteiger partial charge is 0.462 e. The number of rotatable bonds is 5. The van der Waals surface area contributed by atoms with Crippen LogP contribution in [-0.4, -0.2) is 30.6 Å². The molecule has 2 aromatic carbocycles. The number of carbonyl (C=O) groups excluding carboxylic acids is 1. The number of hydrogen-bond donors (Lipinski definition) is 0. The highest BCUT2D eigenvalue weighted by molar-refractivity contribution is 5.89. The molecular formula is C21H25NO2. The van der Waals surface area contributed by atoms with Crippen molar-refractivity contribution < 1.29 is 9.53 Å². The second-order valence-electron chi connectivity index (χ2n) is 6.50. The number of nitrogens with zero attached hydrogens (tertiary/aromatic N) is 1. The third-order valence-electron chi connectivity index (χ3n) is 4.75. The Balaban J connectivity index is 1.71. The highest BCUT2D eigenvalue weighted by atomic mass is 16.5. The van der Waals surface area contributed by atoms with E-state index in [0.29, 0.717) is 18.1 Å². The molecule has 2 aromatic rings. The van der Waals surface area contributed by atoms with Gasteiger partial charge in [0.1, 0.15) is 0 Å². The molecule has 3 nitrogen and oxygen atoms in total. The molecule has 1 aliphatic heterocycles. The lowest BCUT2D eigenvalue weighted by atomic mass is 9.92. The molecule has 0 N–H and O–H groups in total. The van der Waals surface area contributed by atoms with Crippen LogP contribution in [0.3, 0.4) is 0 Å². The van der Waals surface area contributed by atoms with Gasteiger partial charge in [-0.3, -0.25) is 4.90 Å². The van der Waals surface area contributed by atoms with Crippen molar-refractivity contribution >= 4 is 5.97 Å². The molecule has 1 unspecified atom stereocenters. The summed E-state index contributed by atoms with van der Waals surface area (Å²) in [5.41, 5.74) is 4.57. The van der Waals surface area contributed by atoms with E-state index in [0.717, 1.165) is 26.1 Å². The lowest BCUT2D eigenvalue weighted by molar-refractivity contribution is 0.0526. The standard InChI is InChI=1S/C21H25NO2/c1-3-24-21(23)18-10-9-16(2)20(13-18)19-11-12-22(15-19)14-17-7-5-4-6-8-17/h4-10,13,19H,3,11-12,14-15H2,1-2H3. The topological polar surface area (TPSA) is 29.5 Å². The Morgan fingerprint density at radius 1 is 1.21 bits per heavy atom. The van der Waals surface area contributed by atoms with Crippen LogP contribution in [0.1, 0.15) is 46.3 Å². The maximum atomic E-state index is 12.0. The van der Waals surface area contributed by atoms with Gasteiger partial charge in [-0.05, 0) is 61.6 Å². The van der Waals surface area contributed by atoms with Gasteiger partial charge in [0, 0.05) is 13.1 Å². The number of ether oxygens (including phenoxy) is 1. The molecule has 0 aromatic heterocycles. The fourth-order valence-corrected chi connectivity index (χ4v) is 3.49. The Kier molecular flexibility index (Phi) is 5.31. The highest BCUT2D eigenvalue weighted by Crippen LogP contribution is 2.31. The molecule has 0 amide bonds. The zero-order valence-electron chi connectivity index (χ0n) is 14.5. The van der Waals surface area contributed by atoms with Crippen molar-refractivity contribution in [3.05, 3.63) is 70.8 Å². The third-order valence-corrected chi connectivity index (χ3v) is 4.75. The van der Waals surface area contributed by atoms with Crippen molar-refractivity contribution in [3.8, 4) is 0 Å². The normalized spacial score (nSPS) is 17.8. The summed E-state index contributed by atoms with van der Waals surface area (Å²) in [5, 5.41) is 0. The van der Waals surface area contributed by atoms with E-state index in [1.165, 1.54) is 16.7 Å². The van der Waals surface area contributed by atoms with Crippen LogP contribution in [0, 0.1) is 6.92 Å². The van der Waals surface area contributed by atoms with E-state index in [2.05, 4.69) is 42.2 Å². The van der Waals surface area contributed by atoms with E-state index in [1.807, 2.05) is 25.1 Å². The molecule has 0 saturated carbocycles. The molecule has 1 aliphatic rings. The average molecular weight is 323 g/mol. The Morgan fingerprint density at radius 2 is 2.00 bits per heavy atom. The first-order valence-corrected chi connectivity index (χ1v) is 8.71. The van der Waals surface area contributed by atoms with E-state index in [1.54, 1.807) is 0 Å². The molecule has 0 radical (unpaired) electrons. The Hall–Kier alpha value is -2.13. The van der Waals surface area contributed by atoms with Gasteiger partial charge in [0.15, 0.2) is 0 Å². The molecule has 0 bridgehead atoms. The van der Waals surface area contributed by atoms with E-state index < -0.39 is 0 Å². The van der Waals surface area contributed by atoms with Crippen LogP contribution in [0.4, 0.5) is 0 Å². The van der Waals surface area contributed by atoms with E-state index in [9.17, 15) is 4.79 Å². The summed E-state index contributed by atoms with van der Waals surface area (Å²) in [6.45, 7) is 7.52. The van der Waals surface area contributed by atoms with Gasteiger partial charge in [0.05, 0.1) is 12.2 Å². The molecule has 1 fully saturated rings. The highest BCUT2D eigenvalue weighted by Gasteiger charge is 2.25. The lowest BCUT2D eigenvalue weighted by Crippen LogP contribution is -2.20. The summed E-state index contributed by atoms with van der Waals surface area (Å²) < 4.78 is 5.14. The fourth-order valence-electron chi connectivity index (χ4n) is 3.49. The lowest BCUT2D eigenvalue weighted by Gasteiger charge is -2.18. The SMILES string of the molecule is CCOC(=O)c1ccc(C)c(C2CCN(Cc3ccccc3)C2)c1. The predicted molar refractivity (Wildman–Crippen MR) is 96.2 cm³/mol. The smallest absolute Gasteiger partial charge is 0.338 e. The molecule has 1 heterocycles. The fraction of sp³-hybridized carbons (Fsp3) is 0.381. The second-order valence-corrected chi connectivity index (χ2v) is 6.50. The minimum Gasteiger partial charge on any atom is -0.462 e. The van der Waals surface area contributed by atoms with E-state index in [-0.39, 0.29) is 5.97 Å². The van der Waals surface area contributed by atoms with Gasteiger partial charge in [0.25, 0.3) is 0 Å². The van der Waals surface area contributed by atoms with Gasteiger partial charge in [-0.2, -0.15) is 0 Å². The Bertz CT molecular complexity index is 696. The number of esters is 1. The zero-order chi connectivity index (χ0) is 16.9. The van der Waals surface area contributed by atoms with Gasteiger partial charge >= 0.3 is 5.97 Å². The van der Waals surface area contributed by atoms with Crippen LogP contribution in [-0.2, 0) is 11.3 Å². The molecule has 3 heteroatoms. The summed E-state index contributed by atoms with van der Waals surface area (Å²) in [6.07, 6.45) is 1.14. The maximum Gasteiger partial charge on any atom is 0.338 e. The van der Waals surface area contributed by atoms with Crippen LogP contribution >= 0.6 is 0 Å². The van der Waals surface area contributed by atoms with Crippen molar-refractivity contribution in [1.82, 2.24) is 4.90 Å². The maximum absolute atomic E-state index is 12.0. The molecule has 126 valence electrons. The Morgan fingerprint density at radius 3 is 2.75 bits per heavy atom. The van der Waals surface area contributed by atoms with Crippen LogP contribution in [0.15, 0.2) is 48.5 Å². The number of aryl methyl sites for hydroxylation is 1. The van der Waals surface area contributed by atoms with E-state index >= 15 is 0 Å². The van der Waals surface area contributed by atoms with Gasteiger partial charge in [-0.15, -0.1) is 0 Å². The van der Waals surface area contributed by atoms with Crippen LogP contribution < -0.4 is 0 Å². The van der Waals surface area contributed by atoms with Crippen LogP contribution in [0.25, 0.3) is 0 Å². The number of hydrogen-bond acceptors (Lipinski definition) is 3. The minimum atomic E-state index is -0.224. The summed E-state index contributed by atoms with van der Waals surface area (Å²) in [6, 6.07) is 16.5. The summed E-state index contributed by atoms with van der Waals surface area (Å²) >= 11 is 0.